The second kappa shape index (κ2) is 5.30. The molecule has 0 aromatic heterocycles. The quantitative estimate of drug-likeness (QED) is 0.615. The lowest BCUT2D eigenvalue weighted by molar-refractivity contribution is -0.153. The number of azo groups is 1. The van der Waals surface area contributed by atoms with Crippen LogP contribution in [0.3, 0.4) is 0 Å². The van der Waals surface area contributed by atoms with E-state index in [-0.39, 0.29) is 18.3 Å². The Bertz CT molecular complexity index is 513. The van der Waals surface area contributed by atoms with Gasteiger partial charge in [-0.3, -0.25) is 4.79 Å². The van der Waals surface area contributed by atoms with Gasteiger partial charge in [0.2, 0.25) is 5.54 Å². The number of esters is 1. The molecule has 1 aliphatic rings. The molecule has 100 valence electrons. The summed E-state index contributed by atoms with van der Waals surface area (Å²) < 4.78 is 5.03. The SMILES string of the molecule is CCOC(=O)C1(C(C)=O)N=NCC1c1ccccc1. The van der Waals surface area contributed by atoms with E-state index in [9.17, 15) is 9.59 Å². The van der Waals surface area contributed by atoms with Crippen LogP contribution < -0.4 is 0 Å². The molecule has 1 aliphatic heterocycles. The van der Waals surface area contributed by atoms with Gasteiger partial charge in [-0.25, -0.2) is 4.79 Å². The van der Waals surface area contributed by atoms with E-state index in [1.54, 1.807) is 6.92 Å². The normalized spacial score (nSPS) is 25.3. The molecule has 2 atom stereocenters. The fourth-order valence-electron chi connectivity index (χ4n) is 2.35. The zero-order valence-electron chi connectivity index (χ0n) is 11.0. The first-order chi connectivity index (χ1) is 9.13. The summed E-state index contributed by atoms with van der Waals surface area (Å²) in [4.78, 5) is 24.2. The summed E-state index contributed by atoms with van der Waals surface area (Å²) in [6.45, 7) is 3.60. The van der Waals surface area contributed by atoms with Crippen LogP contribution in [0.1, 0.15) is 25.3 Å². The van der Waals surface area contributed by atoms with Crippen molar-refractivity contribution in [2.45, 2.75) is 25.3 Å². The van der Waals surface area contributed by atoms with Gasteiger partial charge in [0.25, 0.3) is 0 Å². The van der Waals surface area contributed by atoms with Crippen molar-refractivity contribution in [2.24, 2.45) is 10.2 Å². The third-order valence-corrected chi connectivity index (χ3v) is 3.32. The number of Topliss-reactive ketones (excluding diaryl/α,β-unsaturated/α-hetero) is 1. The molecule has 1 aromatic rings. The van der Waals surface area contributed by atoms with Crippen LogP contribution in [0.5, 0.6) is 0 Å². The Balaban J connectivity index is 2.44. The van der Waals surface area contributed by atoms with E-state index in [4.69, 9.17) is 4.74 Å². The zero-order valence-corrected chi connectivity index (χ0v) is 11.0. The molecule has 2 rings (SSSR count). The van der Waals surface area contributed by atoms with Crippen molar-refractivity contribution in [1.29, 1.82) is 0 Å². The molecule has 5 nitrogen and oxygen atoms in total. The van der Waals surface area contributed by atoms with Crippen molar-refractivity contribution in [2.75, 3.05) is 13.2 Å². The third-order valence-electron chi connectivity index (χ3n) is 3.32. The van der Waals surface area contributed by atoms with Crippen LogP contribution >= 0.6 is 0 Å². The Hall–Kier alpha value is -2.04. The monoisotopic (exact) mass is 260 g/mol. The summed E-state index contributed by atoms with van der Waals surface area (Å²) >= 11 is 0. The molecule has 5 heteroatoms. The molecule has 0 aliphatic carbocycles. The lowest BCUT2D eigenvalue weighted by atomic mass is 9.78. The van der Waals surface area contributed by atoms with E-state index in [1.165, 1.54) is 6.92 Å². The van der Waals surface area contributed by atoms with Crippen molar-refractivity contribution < 1.29 is 14.3 Å². The van der Waals surface area contributed by atoms with Gasteiger partial charge in [0.05, 0.1) is 19.1 Å². The van der Waals surface area contributed by atoms with Crippen molar-refractivity contribution in [3.05, 3.63) is 35.9 Å². The molecule has 0 N–H and O–H groups in total. The molecule has 0 amide bonds. The fourth-order valence-corrected chi connectivity index (χ4v) is 2.35. The summed E-state index contributed by atoms with van der Waals surface area (Å²) in [5, 5.41) is 7.87. The Labute approximate surface area is 111 Å². The maximum Gasteiger partial charge on any atom is 0.344 e. The highest BCUT2D eigenvalue weighted by atomic mass is 16.5. The number of benzene rings is 1. The second-order valence-electron chi connectivity index (χ2n) is 4.43. The van der Waals surface area contributed by atoms with Crippen molar-refractivity contribution >= 4 is 11.8 Å². The van der Waals surface area contributed by atoms with Gasteiger partial charge in [-0.15, -0.1) is 0 Å². The summed E-state index contributed by atoms with van der Waals surface area (Å²) in [5.74, 6) is -1.33. The van der Waals surface area contributed by atoms with Gasteiger partial charge in [0, 0.05) is 0 Å². The summed E-state index contributed by atoms with van der Waals surface area (Å²) in [6.07, 6.45) is 0. The van der Waals surface area contributed by atoms with Gasteiger partial charge < -0.3 is 4.74 Å². The number of nitrogens with zero attached hydrogens (tertiary/aromatic N) is 2. The molecule has 0 saturated carbocycles. The molecule has 0 radical (unpaired) electrons. The number of ketones is 1. The fraction of sp³-hybridized carbons (Fsp3) is 0.429. The zero-order chi connectivity index (χ0) is 13.9. The van der Waals surface area contributed by atoms with Crippen molar-refractivity contribution in [3.63, 3.8) is 0 Å². The van der Waals surface area contributed by atoms with E-state index in [0.29, 0.717) is 6.54 Å². The molecule has 19 heavy (non-hydrogen) atoms. The molecule has 0 saturated heterocycles. The molecule has 0 fully saturated rings. The molecular formula is C14H16N2O3. The average Bonchev–Trinajstić information content (AvgIpc) is 2.85. The lowest BCUT2D eigenvalue weighted by Crippen LogP contribution is -2.48. The number of hydrogen-bond acceptors (Lipinski definition) is 5. The van der Waals surface area contributed by atoms with Gasteiger partial charge in [-0.05, 0) is 19.4 Å². The van der Waals surface area contributed by atoms with E-state index in [0.717, 1.165) is 5.56 Å². The summed E-state index contributed by atoms with van der Waals surface area (Å²) in [6, 6.07) is 9.36. The van der Waals surface area contributed by atoms with Crippen LogP contribution in [-0.4, -0.2) is 30.4 Å². The maximum absolute atomic E-state index is 12.2. The second-order valence-corrected chi connectivity index (χ2v) is 4.43. The molecule has 2 unspecified atom stereocenters. The summed E-state index contributed by atoms with van der Waals surface area (Å²) in [7, 11) is 0. The van der Waals surface area contributed by atoms with Crippen LogP contribution in [0, 0.1) is 0 Å². The first kappa shape index (κ1) is 13.4. The van der Waals surface area contributed by atoms with E-state index >= 15 is 0 Å². The van der Waals surface area contributed by atoms with Crippen molar-refractivity contribution in [3.8, 4) is 0 Å². The van der Waals surface area contributed by atoms with Crippen molar-refractivity contribution in [1.82, 2.24) is 0 Å². The van der Waals surface area contributed by atoms with Crippen LogP contribution in [0.25, 0.3) is 0 Å². The first-order valence-electron chi connectivity index (χ1n) is 6.24. The molecule has 1 heterocycles. The van der Waals surface area contributed by atoms with E-state index < -0.39 is 11.5 Å². The minimum absolute atomic E-state index is 0.213. The highest BCUT2D eigenvalue weighted by Crippen LogP contribution is 2.39. The van der Waals surface area contributed by atoms with Gasteiger partial charge in [-0.2, -0.15) is 10.2 Å². The maximum atomic E-state index is 12.2. The summed E-state index contributed by atoms with van der Waals surface area (Å²) in [5.41, 5.74) is -0.645. The number of carbonyl (C=O) groups is 2. The Morgan fingerprint density at radius 2 is 2.05 bits per heavy atom. The van der Waals surface area contributed by atoms with Gasteiger partial charge in [0.15, 0.2) is 5.78 Å². The first-order valence-corrected chi connectivity index (χ1v) is 6.24. The highest BCUT2D eigenvalue weighted by molar-refractivity contribution is 6.09. The third kappa shape index (κ3) is 2.16. The van der Waals surface area contributed by atoms with Gasteiger partial charge >= 0.3 is 5.97 Å². The Morgan fingerprint density at radius 1 is 1.37 bits per heavy atom. The largest absolute Gasteiger partial charge is 0.464 e. The molecule has 0 bridgehead atoms. The minimum atomic E-state index is -1.52. The van der Waals surface area contributed by atoms with Crippen LogP contribution in [0.4, 0.5) is 0 Å². The predicted molar refractivity (Wildman–Crippen MR) is 69.0 cm³/mol. The average molecular weight is 260 g/mol. The Morgan fingerprint density at radius 3 is 2.63 bits per heavy atom. The smallest absolute Gasteiger partial charge is 0.344 e. The standard InChI is InChI=1S/C14H16N2O3/c1-3-19-13(18)14(10(2)17)12(9-15-16-14)11-7-5-4-6-8-11/h4-8,12H,3,9H2,1-2H3. The highest BCUT2D eigenvalue weighted by Gasteiger charge is 2.55. The van der Waals surface area contributed by atoms with Crippen LogP contribution in [0.15, 0.2) is 40.6 Å². The predicted octanol–water partition coefficient (Wildman–Crippen LogP) is 2.13. The van der Waals surface area contributed by atoms with E-state index in [1.807, 2.05) is 30.3 Å². The topological polar surface area (TPSA) is 68.1 Å². The molecule has 1 aromatic carbocycles. The number of rotatable bonds is 4. The number of hydrogen-bond donors (Lipinski definition) is 0. The lowest BCUT2D eigenvalue weighted by Gasteiger charge is -2.26. The molecule has 0 spiro atoms. The minimum Gasteiger partial charge on any atom is -0.464 e. The Kier molecular flexibility index (Phi) is 3.74. The van der Waals surface area contributed by atoms with E-state index in [2.05, 4.69) is 10.2 Å². The van der Waals surface area contributed by atoms with Gasteiger partial charge in [-0.1, -0.05) is 30.3 Å². The molecular weight excluding hydrogens is 244 g/mol. The van der Waals surface area contributed by atoms with Crippen LogP contribution in [0.2, 0.25) is 0 Å². The van der Waals surface area contributed by atoms with Crippen LogP contribution in [-0.2, 0) is 14.3 Å². The number of ether oxygens (including phenoxy) is 1. The number of carbonyl (C=O) groups excluding carboxylic acids is 2. The van der Waals surface area contributed by atoms with Gasteiger partial charge in [0.1, 0.15) is 0 Å².